The van der Waals surface area contributed by atoms with E-state index in [9.17, 15) is 5.11 Å². The molecule has 0 amide bonds. The molecule has 110 valence electrons. The number of rotatable bonds is 2. The smallest absolute Gasteiger partial charge is 0.162 e. The second-order valence-electron chi connectivity index (χ2n) is 4.83. The third-order valence-corrected chi connectivity index (χ3v) is 4.20. The van der Waals surface area contributed by atoms with Crippen molar-refractivity contribution in [2.75, 3.05) is 13.2 Å². The van der Waals surface area contributed by atoms with Crippen LogP contribution in [-0.4, -0.2) is 18.3 Å². The molecule has 0 bridgehead atoms. The van der Waals surface area contributed by atoms with Gasteiger partial charge in [0.15, 0.2) is 11.5 Å². The van der Waals surface area contributed by atoms with Crippen LogP contribution < -0.4 is 9.47 Å². The molecule has 0 spiro atoms. The molecule has 3 nitrogen and oxygen atoms in total. The van der Waals surface area contributed by atoms with Gasteiger partial charge in [-0.3, -0.25) is 0 Å². The predicted molar refractivity (Wildman–Crippen MR) is 85.3 cm³/mol. The van der Waals surface area contributed by atoms with E-state index in [0.717, 1.165) is 16.5 Å². The molecule has 0 aliphatic carbocycles. The molecule has 0 fully saturated rings. The van der Waals surface area contributed by atoms with Crippen LogP contribution in [0.25, 0.3) is 0 Å². The largest absolute Gasteiger partial charge is 0.490 e. The molecule has 1 aliphatic rings. The van der Waals surface area contributed by atoms with Crippen LogP contribution in [0, 0.1) is 0 Å². The normalized spacial score (nSPS) is 15.4. The molecule has 0 saturated carbocycles. The molecule has 1 unspecified atom stereocenters. The van der Waals surface area contributed by atoms with Gasteiger partial charge >= 0.3 is 0 Å². The highest BCUT2D eigenvalue weighted by atomic mass is 79.9. The van der Waals surface area contributed by atoms with Crippen molar-refractivity contribution in [1.82, 2.24) is 0 Å². The number of hydrogen-bond donors (Lipinski definition) is 1. The van der Waals surface area contributed by atoms with Gasteiger partial charge in [0.25, 0.3) is 0 Å². The molecule has 21 heavy (non-hydrogen) atoms. The highest BCUT2D eigenvalue weighted by Crippen LogP contribution is 2.39. The van der Waals surface area contributed by atoms with Crippen LogP contribution >= 0.6 is 27.5 Å². The Labute approximate surface area is 136 Å². The molecule has 1 atom stereocenters. The third kappa shape index (κ3) is 3.18. The Balaban J connectivity index is 1.97. The highest BCUT2D eigenvalue weighted by Gasteiger charge is 2.19. The van der Waals surface area contributed by atoms with Crippen molar-refractivity contribution in [3.05, 3.63) is 57.0 Å². The fourth-order valence-electron chi connectivity index (χ4n) is 2.23. The summed E-state index contributed by atoms with van der Waals surface area (Å²) in [5.74, 6) is 1.26. The zero-order valence-electron chi connectivity index (χ0n) is 11.2. The fourth-order valence-corrected chi connectivity index (χ4v) is 2.76. The van der Waals surface area contributed by atoms with Gasteiger partial charge in [0, 0.05) is 22.5 Å². The zero-order valence-corrected chi connectivity index (χ0v) is 13.5. The Hall–Kier alpha value is -1.23. The van der Waals surface area contributed by atoms with Crippen molar-refractivity contribution in [2.24, 2.45) is 0 Å². The number of halogens is 2. The van der Waals surface area contributed by atoms with Gasteiger partial charge in [0.05, 0.1) is 18.2 Å². The first-order valence-electron chi connectivity index (χ1n) is 6.68. The summed E-state index contributed by atoms with van der Waals surface area (Å²) in [6, 6.07) is 10.9. The van der Waals surface area contributed by atoms with Crippen molar-refractivity contribution >= 4 is 27.5 Å². The van der Waals surface area contributed by atoms with Crippen molar-refractivity contribution in [3.63, 3.8) is 0 Å². The monoisotopic (exact) mass is 368 g/mol. The topological polar surface area (TPSA) is 38.7 Å². The van der Waals surface area contributed by atoms with Crippen molar-refractivity contribution in [1.29, 1.82) is 0 Å². The van der Waals surface area contributed by atoms with E-state index in [1.807, 2.05) is 24.3 Å². The molecule has 2 aromatic carbocycles. The van der Waals surface area contributed by atoms with E-state index in [2.05, 4.69) is 15.9 Å². The van der Waals surface area contributed by atoms with Crippen molar-refractivity contribution in [3.8, 4) is 11.5 Å². The standard InChI is InChI=1S/C16H14BrClO3/c17-11-4-2-10(3-5-11)16(19)12-8-14-15(9-13(12)18)21-7-1-6-20-14/h2-5,8-9,16,19H,1,6-7H2. The quantitative estimate of drug-likeness (QED) is 0.855. The van der Waals surface area contributed by atoms with Crippen LogP contribution in [0.1, 0.15) is 23.7 Å². The summed E-state index contributed by atoms with van der Waals surface area (Å²) >= 11 is 9.66. The third-order valence-electron chi connectivity index (χ3n) is 3.35. The first-order valence-corrected chi connectivity index (χ1v) is 7.85. The van der Waals surface area contributed by atoms with Gasteiger partial charge in [0.2, 0.25) is 0 Å². The van der Waals surface area contributed by atoms with Crippen molar-refractivity contribution < 1.29 is 14.6 Å². The SMILES string of the molecule is OC(c1ccc(Br)cc1)c1cc2c(cc1Cl)OCCCO2. The predicted octanol–water partition coefficient (Wildman–Crippen LogP) is 4.35. The highest BCUT2D eigenvalue weighted by molar-refractivity contribution is 9.10. The fraction of sp³-hybridized carbons (Fsp3) is 0.250. The molecular formula is C16H14BrClO3. The summed E-state index contributed by atoms with van der Waals surface area (Å²) in [5.41, 5.74) is 1.39. The first-order chi connectivity index (χ1) is 10.1. The van der Waals surface area contributed by atoms with E-state index in [-0.39, 0.29) is 0 Å². The molecule has 1 N–H and O–H groups in total. The van der Waals surface area contributed by atoms with Gasteiger partial charge in [-0.1, -0.05) is 39.7 Å². The number of aliphatic hydroxyl groups excluding tert-OH is 1. The van der Waals surface area contributed by atoms with Gasteiger partial charge in [-0.25, -0.2) is 0 Å². The lowest BCUT2D eigenvalue weighted by Crippen LogP contribution is -2.02. The van der Waals surface area contributed by atoms with E-state index < -0.39 is 6.10 Å². The summed E-state index contributed by atoms with van der Waals surface area (Å²) < 4.78 is 12.2. The van der Waals surface area contributed by atoms with Gasteiger partial charge < -0.3 is 14.6 Å². The maximum absolute atomic E-state index is 10.5. The minimum absolute atomic E-state index is 0.467. The van der Waals surface area contributed by atoms with Crippen LogP contribution in [0.3, 0.4) is 0 Å². The molecule has 1 aliphatic heterocycles. The molecule has 3 rings (SSSR count). The summed E-state index contributed by atoms with van der Waals surface area (Å²) in [4.78, 5) is 0. The van der Waals surface area contributed by atoms with E-state index in [4.69, 9.17) is 21.1 Å². The van der Waals surface area contributed by atoms with E-state index in [1.165, 1.54) is 0 Å². The van der Waals surface area contributed by atoms with Crippen LogP contribution in [0.15, 0.2) is 40.9 Å². The summed E-state index contributed by atoms with van der Waals surface area (Å²) in [5, 5.41) is 11.0. The average molecular weight is 370 g/mol. The molecule has 0 radical (unpaired) electrons. The van der Waals surface area contributed by atoms with Gasteiger partial charge in [-0.15, -0.1) is 0 Å². The number of aliphatic hydroxyl groups is 1. The summed E-state index contributed by atoms with van der Waals surface area (Å²) in [6.07, 6.45) is 0.0272. The minimum atomic E-state index is -0.803. The Kier molecular flexibility index (Phi) is 4.38. The van der Waals surface area contributed by atoms with Crippen LogP contribution in [0.4, 0.5) is 0 Å². The molecule has 0 saturated heterocycles. The van der Waals surface area contributed by atoms with Gasteiger partial charge in [-0.2, -0.15) is 0 Å². The number of fused-ring (bicyclic) bond motifs is 1. The minimum Gasteiger partial charge on any atom is -0.490 e. The zero-order chi connectivity index (χ0) is 14.8. The number of benzene rings is 2. The molecule has 5 heteroatoms. The van der Waals surface area contributed by atoms with E-state index >= 15 is 0 Å². The summed E-state index contributed by atoms with van der Waals surface area (Å²) in [7, 11) is 0. The van der Waals surface area contributed by atoms with E-state index in [1.54, 1.807) is 12.1 Å². The van der Waals surface area contributed by atoms with Gasteiger partial charge in [-0.05, 0) is 23.8 Å². The Morgan fingerprint density at radius 2 is 1.67 bits per heavy atom. The lowest BCUT2D eigenvalue weighted by molar-refractivity contribution is 0.219. The molecular weight excluding hydrogens is 356 g/mol. The molecule has 1 heterocycles. The van der Waals surface area contributed by atoms with Crippen LogP contribution in [0.2, 0.25) is 5.02 Å². The first kappa shape index (κ1) is 14.7. The molecule has 0 aromatic heterocycles. The Morgan fingerprint density at radius 3 is 2.33 bits per heavy atom. The lowest BCUT2D eigenvalue weighted by atomic mass is 10.0. The van der Waals surface area contributed by atoms with Crippen LogP contribution in [0.5, 0.6) is 11.5 Å². The Morgan fingerprint density at radius 1 is 1.05 bits per heavy atom. The van der Waals surface area contributed by atoms with Gasteiger partial charge in [0.1, 0.15) is 6.10 Å². The maximum Gasteiger partial charge on any atom is 0.162 e. The Bertz CT molecular complexity index is 643. The maximum atomic E-state index is 10.5. The van der Waals surface area contributed by atoms with Crippen LogP contribution in [-0.2, 0) is 0 Å². The number of hydrogen-bond acceptors (Lipinski definition) is 3. The van der Waals surface area contributed by atoms with E-state index in [0.29, 0.717) is 35.3 Å². The lowest BCUT2D eigenvalue weighted by Gasteiger charge is -2.16. The van der Waals surface area contributed by atoms with Crippen molar-refractivity contribution in [2.45, 2.75) is 12.5 Å². The molecule has 2 aromatic rings. The summed E-state index contributed by atoms with van der Waals surface area (Å²) in [6.45, 7) is 1.21. The second kappa shape index (κ2) is 6.26. The second-order valence-corrected chi connectivity index (χ2v) is 6.15. The number of ether oxygens (including phenoxy) is 2. The average Bonchev–Trinajstić information content (AvgIpc) is 2.71.